The van der Waals surface area contributed by atoms with Crippen molar-refractivity contribution in [2.45, 2.75) is 19.4 Å². The van der Waals surface area contributed by atoms with Gasteiger partial charge in [0.05, 0.1) is 5.69 Å². The van der Waals surface area contributed by atoms with Gasteiger partial charge in [-0.1, -0.05) is 37.3 Å². The SMILES string of the molecule is CC(c1ccccc1)c1nccc(CN)n1. The lowest BCUT2D eigenvalue weighted by Gasteiger charge is -2.10. The van der Waals surface area contributed by atoms with Crippen LogP contribution in [-0.2, 0) is 6.54 Å². The number of benzene rings is 1. The van der Waals surface area contributed by atoms with Gasteiger partial charge in [-0.05, 0) is 11.6 Å². The minimum absolute atomic E-state index is 0.202. The number of hydrogen-bond donors (Lipinski definition) is 1. The van der Waals surface area contributed by atoms with Gasteiger partial charge < -0.3 is 5.73 Å². The first kappa shape index (κ1) is 10.8. The van der Waals surface area contributed by atoms with Crippen LogP contribution in [0.25, 0.3) is 0 Å². The first-order valence-electron chi connectivity index (χ1n) is 5.38. The highest BCUT2D eigenvalue weighted by Gasteiger charge is 2.10. The maximum absolute atomic E-state index is 5.57. The van der Waals surface area contributed by atoms with Gasteiger partial charge in [0.25, 0.3) is 0 Å². The lowest BCUT2D eigenvalue weighted by molar-refractivity contribution is 0.790. The molecule has 2 N–H and O–H groups in total. The molecule has 1 aromatic heterocycles. The number of aromatic nitrogens is 2. The van der Waals surface area contributed by atoms with Crippen LogP contribution in [0.1, 0.15) is 29.9 Å². The zero-order valence-electron chi connectivity index (χ0n) is 9.30. The van der Waals surface area contributed by atoms with E-state index in [-0.39, 0.29) is 5.92 Å². The molecule has 0 aliphatic carbocycles. The third-order valence-corrected chi connectivity index (χ3v) is 2.63. The Morgan fingerprint density at radius 3 is 2.62 bits per heavy atom. The van der Waals surface area contributed by atoms with Gasteiger partial charge in [-0.25, -0.2) is 9.97 Å². The molecule has 0 saturated carbocycles. The van der Waals surface area contributed by atoms with Crippen molar-refractivity contribution in [1.29, 1.82) is 0 Å². The van der Waals surface area contributed by atoms with Gasteiger partial charge in [0.1, 0.15) is 5.82 Å². The van der Waals surface area contributed by atoms with E-state index in [4.69, 9.17) is 5.73 Å². The molecule has 2 rings (SSSR count). The van der Waals surface area contributed by atoms with E-state index < -0.39 is 0 Å². The van der Waals surface area contributed by atoms with Crippen LogP contribution >= 0.6 is 0 Å². The molecule has 0 amide bonds. The average Bonchev–Trinajstić information content (AvgIpc) is 2.39. The monoisotopic (exact) mass is 213 g/mol. The second-order valence-electron chi connectivity index (χ2n) is 3.74. The smallest absolute Gasteiger partial charge is 0.135 e. The predicted octanol–water partition coefficient (Wildman–Crippen LogP) is 2.09. The van der Waals surface area contributed by atoms with Crippen molar-refractivity contribution >= 4 is 0 Å². The summed E-state index contributed by atoms with van der Waals surface area (Å²) >= 11 is 0. The summed E-state index contributed by atoms with van der Waals surface area (Å²) in [6.07, 6.45) is 1.77. The van der Waals surface area contributed by atoms with Gasteiger partial charge in [-0.15, -0.1) is 0 Å². The zero-order valence-corrected chi connectivity index (χ0v) is 9.30. The Morgan fingerprint density at radius 2 is 1.94 bits per heavy atom. The van der Waals surface area contributed by atoms with Gasteiger partial charge in [-0.3, -0.25) is 0 Å². The standard InChI is InChI=1S/C13H15N3/c1-10(11-5-3-2-4-6-11)13-15-8-7-12(9-14)16-13/h2-8,10H,9,14H2,1H3. The second-order valence-corrected chi connectivity index (χ2v) is 3.74. The molecule has 82 valence electrons. The third kappa shape index (κ3) is 2.25. The van der Waals surface area contributed by atoms with E-state index in [1.807, 2.05) is 24.3 Å². The Morgan fingerprint density at radius 1 is 1.19 bits per heavy atom. The van der Waals surface area contributed by atoms with Crippen LogP contribution in [0.5, 0.6) is 0 Å². The minimum Gasteiger partial charge on any atom is -0.325 e. The lowest BCUT2D eigenvalue weighted by Crippen LogP contribution is -2.07. The van der Waals surface area contributed by atoms with Gasteiger partial charge in [0, 0.05) is 18.7 Å². The number of nitrogens with two attached hydrogens (primary N) is 1. The Bertz CT molecular complexity index is 454. The van der Waals surface area contributed by atoms with Crippen LogP contribution in [0.4, 0.5) is 0 Å². The van der Waals surface area contributed by atoms with Crippen molar-refractivity contribution in [3.8, 4) is 0 Å². The molecule has 0 bridgehead atoms. The molecule has 16 heavy (non-hydrogen) atoms. The summed E-state index contributed by atoms with van der Waals surface area (Å²) in [7, 11) is 0. The summed E-state index contributed by atoms with van der Waals surface area (Å²) in [6.45, 7) is 2.56. The Balaban J connectivity index is 2.30. The van der Waals surface area contributed by atoms with E-state index in [0.717, 1.165) is 11.5 Å². The lowest BCUT2D eigenvalue weighted by atomic mass is 10.0. The summed E-state index contributed by atoms with van der Waals surface area (Å²) in [5.74, 6) is 1.03. The van der Waals surface area contributed by atoms with Crippen molar-refractivity contribution in [3.63, 3.8) is 0 Å². The Labute approximate surface area is 95.4 Å². The molecular formula is C13H15N3. The number of rotatable bonds is 3. The van der Waals surface area contributed by atoms with Gasteiger partial charge in [0.15, 0.2) is 0 Å². The highest BCUT2D eigenvalue weighted by atomic mass is 14.9. The van der Waals surface area contributed by atoms with E-state index in [9.17, 15) is 0 Å². The van der Waals surface area contributed by atoms with Crippen molar-refractivity contribution in [1.82, 2.24) is 9.97 Å². The summed E-state index contributed by atoms with van der Waals surface area (Å²) in [6, 6.07) is 12.1. The van der Waals surface area contributed by atoms with Crippen molar-refractivity contribution < 1.29 is 0 Å². The molecule has 3 nitrogen and oxygen atoms in total. The summed E-state index contributed by atoms with van der Waals surface area (Å²) in [5.41, 5.74) is 7.67. The summed E-state index contributed by atoms with van der Waals surface area (Å²) < 4.78 is 0. The fourth-order valence-corrected chi connectivity index (χ4v) is 1.63. The second kappa shape index (κ2) is 4.86. The first-order valence-corrected chi connectivity index (χ1v) is 5.38. The highest BCUT2D eigenvalue weighted by molar-refractivity contribution is 5.24. The highest BCUT2D eigenvalue weighted by Crippen LogP contribution is 2.20. The fourth-order valence-electron chi connectivity index (χ4n) is 1.63. The van der Waals surface area contributed by atoms with E-state index in [2.05, 4.69) is 29.0 Å². The summed E-state index contributed by atoms with van der Waals surface area (Å²) in [4.78, 5) is 8.73. The molecule has 0 fully saturated rings. The maximum Gasteiger partial charge on any atom is 0.135 e. The largest absolute Gasteiger partial charge is 0.325 e. The van der Waals surface area contributed by atoms with Crippen LogP contribution in [0.2, 0.25) is 0 Å². The molecular weight excluding hydrogens is 198 g/mol. The van der Waals surface area contributed by atoms with Gasteiger partial charge in [-0.2, -0.15) is 0 Å². The van der Waals surface area contributed by atoms with Crippen molar-refractivity contribution in [2.24, 2.45) is 5.73 Å². The van der Waals surface area contributed by atoms with Crippen molar-refractivity contribution in [3.05, 3.63) is 59.7 Å². The molecule has 0 aliphatic rings. The molecule has 1 atom stereocenters. The molecule has 0 spiro atoms. The predicted molar refractivity (Wildman–Crippen MR) is 63.9 cm³/mol. The molecule has 0 aliphatic heterocycles. The van der Waals surface area contributed by atoms with Crippen molar-refractivity contribution in [2.75, 3.05) is 0 Å². The van der Waals surface area contributed by atoms with E-state index in [1.165, 1.54) is 5.56 Å². The third-order valence-electron chi connectivity index (χ3n) is 2.63. The summed E-state index contributed by atoms with van der Waals surface area (Å²) in [5, 5.41) is 0. The van der Waals surface area contributed by atoms with Crippen LogP contribution in [0.3, 0.4) is 0 Å². The van der Waals surface area contributed by atoms with Crippen LogP contribution in [0.15, 0.2) is 42.6 Å². The molecule has 0 saturated heterocycles. The first-order chi connectivity index (χ1) is 7.81. The molecule has 3 heteroatoms. The minimum atomic E-state index is 0.202. The molecule has 1 aromatic carbocycles. The topological polar surface area (TPSA) is 51.8 Å². The Hall–Kier alpha value is -1.74. The van der Waals surface area contributed by atoms with Gasteiger partial charge in [0.2, 0.25) is 0 Å². The number of nitrogens with zero attached hydrogens (tertiary/aromatic N) is 2. The molecule has 1 unspecified atom stereocenters. The Kier molecular flexibility index (Phi) is 3.27. The van der Waals surface area contributed by atoms with E-state index in [1.54, 1.807) is 6.20 Å². The average molecular weight is 213 g/mol. The van der Waals surface area contributed by atoms with Crippen LogP contribution < -0.4 is 5.73 Å². The van der Waals surface area contributed by atoms with Gasteiger partial charge >= 0.3 is 0 Å². The van der Waals surface area contributed by atoms with Crippen LogP contribution in [0, 0.1) is 0 Å². The quantitative estimate of drug-likeness (QED) is 0.849. The van der Waals surface area contributed by atoms with E-state index in [0.29, 0.717) is 6.54 Å². The molecule has 1 heterocycles. The van der Waals surface area contributed by atoms with E-state index >= 15 is 0 Å². The normalized spacial score (nSPS) is 12.4. The molecule has 2 aromatic rings. The molecule has 0 radical (unpaired) electrons. The van der Waals surface area contributed by atoms with Crippen LogP contribution in [-0.4, -0.2) is 9.97 Å². The fraction of sp³-hybridized carbons (Fsp3) is 0.231. The number of hydrogen-bond acceptors (Lipinski definition) is 3. The maximum atomic E-state index is 5.57. The zero-order chi connectivity index (χ0) is 11.4.